The molecule has 1 amide bonds. The van der Waals surface area contributed by atoms with Crippen molar-refractivity contribution >= 4 is 61.9 Å². The highest BCUT2D eigenvalue weighted by Gasteiger charge is 2.38. The van der Waals surface area contributed by atoms with Crippen molar-refractivity contribution in [3.05, 3.63) is 20.6 Å². The number of ether oxygens (including phenoxy) is 2. The fourth-order valence-electron chi connectivity index (χ4n) is 3.49. The smallest absolute Gasteiger partial charge is 0.410 e. The number of benzene rings is 1. The summed E-state index contributed by atoms with van der Waals surface area (Å²) < 4.78 is 26.3. The second kappa shape index (κ2) is 7.28. The highest BCUT2D eigenvalue weighted by atomic mass is 79.9. The lowest BCUT2D eigenvalue weighted by molar-refractivity contribution is 0.0202. The molecule has 1 aromatic heterocycles. The lowest BCUT2D eigenvalue weighted by Gasteiger charge is -2.41. The fourth-order valence-corrected chi connectivity index (χ4v) is 4.26. The SMILES string of the molecule is CC(C)(C)OC(=O)N1CCN2c3nc(Cl)nc4c(F)c(Br)c(Cl)c(c34)OC[C@@H]2C1. The highest BCUT2D eigenvalue weighted by Crippen LogP contribution is 2.46. The van der Waals surface area contributed by atoms with Crippen LogP contribution in [-0.2, 0) is 4.74 Å². The zero-order chi connectivity index (χ0) is 21.1. The van der Waals surface area contributed by atoms with E-state index in [1.165, 1.54) is 0 Å². The van der Waals surface area contributed by atoms with E-state index >= 15 is 0 Å². The van der Waals surface area contributed by atoms with Gasteiger partial charge in [0, 0.05) is 19.6 Å². The number of hydrogen-bond donors (Lipinski definition) is 0. The number of carbonyl (C=O) groups is 1. The number of hydrogen-bond acceptors (Lipinski definition) is 6. The molecule has 1 aromatic carbocycles. The molecule has 0 N–H and O–H groups in total. The summed E-state index contributed by atoms with van der Waals surface area (Å²) >= 11 is 15.6. The number of halogens is 4. The Balaban J connectivity index is 1.75. The van der Waals surface area contributed by atoms with Gasteiger partial charge in [-0.15, -0.1) is 0 Å². The van der Waals surface area contributed by atoms with Gasteiger partial charge in [-0.25, -0.2) is 14.2 Å². The lowest BCUT2D eigenvalue weighted by atomic mass is 10.1. The number of aromatic nitrogens is 2. The molecule has 2 aliphatic rings. The zero-order valence-corrected chi connectivity index (χ0v) is 19.0. The molecule has 1 fully saturated rings. The Bertz CT molecular complexity index is 1020. The van der Waals surface area contributed by atoms with Crippen LogP contribution in [-0.4, -0.2) is 58.8 Å². The van der Waals surface area contributed by atoms with Gasteiger partial charge in [-0.2, -0.15) is 4.98 Å². The fraction of sp³-hybridized carbons (Fsp3) is 0.500. The van der Waals surface area contributed by atoms with Crippen molar-refractivity contribution in [1.29, 1.82) is 0 Å². The summed E-state index contributed by atoms with van der Waals surface area (Å²) in [4.78, 5) is 24.5. The van der Waals surface area contributed by atoms with E-state index in [4.69, 9.17) is 32.7 Å². The number of rotatable bonds is 0. The summed E-state index contributed by atoms with van der Waals surface area (Å²) in [5.41, 5.74) is -0.560. The summed E-state index contributed by atoms with van der Waals surface area (Å²) in [5, 5.41) is 0.390. The van der Waals surface area contributed by atoms with Crippen LogP contribution in [0.15, 0.2) is 4.47 Å². The first-order chi connectivity index (χ1) is 13.6. The first kappa shape index (κ1) is 20.7. The zero-order valence-electron chi connectivity index (χ0n) is 15.9. The average Bonchev–Trinajstić information content (AvgIpc) is 2.80. The van der Waals surface area contributed by atoms with Crippen molar-refractivity contribution < 1.29 is 18.7 Å². The van der Waals surface area contributed by atoms with Crippen molar-refractivity contribution in [2.24, 2.45) is 0 Å². The van der Waals surface area contributed by atoms with Crippen molar-refractivity contribution in [1.82, 2.24) is 14.9 Å². The predicted molar refractivity (Wildman–Crippen MR) is 112 cm³/mol. The molecule has 156 valence electrons. The van der Waals surface area contributed by atoms with E-state index in [0.717, 1.165) is 0 Å². The van der Waals surface area contributed by atoms with Crippen LogP contribution in [0.5, 0.6) is 5.75 Å². The standard InChI is InChI=1S/C18H18BrCl2FN4O3/c1-18(2,3)29-17(27)25-4-5-26-8(6-25)7-28-14-9-13(12(22)10(19)11(14)20)23-16(21)24-15(9)26/h8H,4-7H2,1-3H3/t8-/m0/s1. The van der Waals surface area contributed by atoms with Crippen LogP contribution in [0, 0.1) is 5.82 Å². The molecule has 29 heavy (non-hydrogen) atoms. The minimum absolute atomic E-state index is 0.0292. The van der Waals surface area contributed by atoms with Crippen LogP contribution in [0.4, 0.5) is 15.0 Å². The number of piperazine rings is 1. The van der Waals surface area contributed by atoms with E-state index in [-0.39, 0.29) is 32.9 Å². The highest BCUT2D eigenvalue weighted by molar-refractivity contribution is 9.10. The van der Waals surface area contributed by atoms with Crippen LogP contribution in [0.25, 0.3) is 10.9 Å². The van der Waals surface area contributed by atoms with Crippen LogP contribution in [0.1, 0.15) is 20.8 Å². The normalized spacial score (nSPS) is 18.9. The Kier molecular flexibility index (Phi) is 5.19. The number of amides is 1. The minimum atomic E-state index is -0.631. The van der Waals surface area contributed by atoms with Gasteiger partial charge in [0.05, 0.1) is 15.9 Å². The third-order valence-electron chi connectivity index (χ3n) is 4.71. The van der Waals surface area contributed by atoms with Crippen LogP contribution in [0.3, 0.4) is 0 Å². The summed E-state index contributed by atoms with van der Waals surface area (Å²) in [6, 6.07) is -0.240. The predicted octanol–water partition coefficient (Wildman–Crippen LogP) is 4.66. The molecular weight excluding hydrogens is 490 g/mol. The first-order valence-electron chi connectivity index (χ1n) is 8.98. The van der Waals surface area contributed by atoms with Crippen molar-refractivity contribution in [3.8, 4) is 5.75 Å². The van der Waals surface area contributed by atoms with E-state index < -0.39 is 17.5 Å². The molecule has 0 unspecified atom stereocenters. The number of fused-ring (bicyclic) bond motifs is 2. The molecule has 3 heterocycles. The Hall–Kier alpha value is -1.58. The number of carbonyl (C=O) groups excluding carboxylic acids is 1. The maximum absolute atomic E-state index is 14.8. The third kappa shape index (κ3) is 3.68. The first-order valence-corrected chi connectivity index (χ1v) is 10.5. The van der Waals surface area contributed by atoms with Gasteiger partial charge in [-0.1, -0.05) is 11.6 Å². The molecule has 1 saturated heterocycles. The molecule has 0 bridgehead atoms. The van der Waals surface area contributed by atoms with Gasteiger partial charge in [-0.05, 0) is 48.3 Å². The average molecular weight is 508 g/mol. The van der Waals surface area contributed by atoms with Crippen LogP contribution in [0.2, 0.25) is 10.3 Å². The van der Waals surface area contributed by atoms with E-state index in [0.29, 0.717) is 36.6 Å². The molecule has 0 spiro atoms. The Morgan fingerprint density at radius 2 is 2.03 bits per heavy atom. The molecule has 2 aliphatic heterocycles. The van der Waals surface area contributed by atoms with Crippen LogP contribution < -0.4 is 9.64 Å². The summed E-state index contributed by atoms with van der Waals surface area (Å²) in [6.45, 7) is 6.90. The maximum atomic E-state index is 14.8. The molecule has 11 heteroatoms. The van der Waals surface area contributed by atoms with Gasteiger partial charge in [0.1, 0.15) is 28.6 Å². The summed E-state index contributed by atoms with van der Waals surface area (Å²) in [7, 11) is 0. The lowest BCUT2D eigenvalue weighted by Crippen LogP contribution is -2.57. The molecule has 1 atom stereocenters. The van der Waals surface area contributed by atoms with E-state index in [2.05, 4.69) is 25.9 Å². The number of nitrogens with zero attached hydrogens (tertiary/aromatic N) is 4. The van der Waals surface area contributed by atoms with Gasteiger partial charge < -0.3 is 19.3 Å². The Morgan fingerprint density at radius 3 is 2.72 bits per heavy atom. The van der Waals surface area contributed by atoms with Gasteiger partial charge in [0.25, 0.3) is 0 Å². The minimum Gasteiger partial charge on any atom is -0.489 e. The maximum Gasteiger partial charge on any atom is 0.410 e. The molecule has 0 aliphatic carbocycles. The Labute approximate surface area is 185 Å². The molecule has 0 saturated carbocycles. The van der Waals surface area contributed by atoms with Crippen molar-refractivity contribution in [2.75, 3.05) is 31.1 Å². The summed E-state index contributed by atoms with van der Waals surface area (Å²) in [5.74, 6) is 0.100. The van der Waals surface area contributed by atoms with Gasteiger partial charge in [0.2, 0.25) is 5.28 Å². The summed E-state index contributed by atoms with van der Waals surface area (Å²) in [6.07, 6.45) is -0.392. The molecule has 7 nitrogen and oxygen atoms in total. The quantitative estimate of drug-likeness (QED) is 0.381. The molecule has 2 aromatic rings. The number of anilines is 1. The molecular formula is C18H18BrCl2FN4O3. The van der Waals surface area contributed by atoms with Gasteiger partial charge in [-0.3, -0.25) is 0 Å². The van der Waals surface area contributed by atoms with E-state index in [1.54, 1.807) is 4.90 Å². The van der Waals surface area contributed by atoms with Crippen LogP contribution >= 0.6 is 39.1 Å². The molecule has 0 radical (unpaired) electrons. The molecule has 4 rings (SSSR count). The third-order valence-corrected chi connectivity index (χ3v) is 6.21. The monoisotopic (exact) mass is 506 g/mol. The van der Waals surface area contributed by atoms with E-state index in [1.807, 2.05) is 25.7 Å². The topological polar surface area (TPSA) is 67.8 Å². The van der Waals surface area contributed by atoms with Crippen molar-refractivity contribution in [3.63, 3.8) is 0 Å². The van der Waals surface area contributed by atoms with Crippen molar-refractivity contribution in [2.45, 2.75) is 32.4 Å². The largest absolute Gasteiger partial charge is 0.489 e. The van der Waals surface area contributed by atoms with Gasteiger partial charge in [0.15, 0.2) is 11.6 Å². The second-order valence-electron chi connectivity index (χ2n) is 7.90. The Morgan fingerprint density at radius 1 is 1.31 bits per heavy atom. The van der Waals surface area contributed by atoms with Gasteiger partial charge >= 0.3 is 6.09 Å². The second-order valence-corrected chi connectivity index (χ2v) is 9.40. The van der Waals surface area contributed by atoms with E-state index in [9.17, 15) is 9.18 Å².